The van der Waals surface area contributed by atoms with Gasteiger partial charge in [-0.1, -0.05) is 29.8 Å². The second kappa shape index (κ2) is 11.8. The Balaban J connectivity index is 1.48. The molecule has 1 aromatic heterocycles. The van der Waals surface area contributed by atoms with Crippen molar-refractivity contribution in [2.24, 2.45) is 5.92 Å². The summed E-state index contributed by atoms with van der Waals surface area (Å²) in [6.45, 7) is 5.48. The lowest BCUT2D eigenvalue weighted by Crippen LogP contribution is -2.39. The summed E-state index contributed by atoms with van der Waals surface area (Å²) in [4.78, 5) is 25.6. The second-order valence-electron chi connectivity index (χ2n) is 10.9. The highest BCUT2D eigenvalue weighted by atomic mass is 32.2. The number of aryl methyl sites for hydroxylation is 1. The van der Waals surface area contributed by atoms with Crippen molar-refractivity contribution in [1.82, 2.24) is 10.6 Å². The number of nitrogens with one attached hydrogen (secondary N) is 2. The van der Waals surface area contributed by atoms with E-state index in [0.717, 1.165) is 43.3 Å². The van der Waals surface area contributed by atoms with Crippen LogP contribution >= 0.6 is 0 Å². The first kappa shape index (κ1) is 29.1. The van der Waals surface area contributed by atoms with Crippen LogP contribution in [0, 0.1) is 12.8 Å². The van der Waals surface area contributed by atoms with Crippen LogP contribution in [-0.4, -0.2) is 65.9 Å². The topological polar surface area (TPSA) is 127 Å². The minimum Gasteiger partial charge on any atom is -0.463 e. The number of furan rings is 1. The Morgan fingerprint density at radius 1 is 1.15 bits per heavy atom. The Hall–Kier alpha value is -3.41. The second-order valence-corrected chi connectivity index (χ2v) is 12.8. The summed E-state index contributed by atoms with van der Waals surface area (Å²) >= 11 is 0. The number of hydrogen-bond acceptors (Lipinski definition) is 8. The van der Waals surface area contributed by atoms with Gasteiger partial charge in [0.1, 0.15) is 24.1 Å². The van der Waals surface area contributed by atoms with Crippen molar-refractivity contribution >= 4 is 38.6 Å². The maximum atomic E-state index is 13.1. The van der Waals surface area contributed by atoms with Gasteiger partial charge in [-0.3, -0.25) is 13.9 Å². The molecule has 2 aromatic carbocycles. The van der Waals surface area contributed by atoms with Gasteiger partial charge in [-0.25, -0.2) is 8.42 Å². The molecule has 3 aromatic rings. The lowest BCUT2D eigenvalue weighted by atomic mass is 9.95. The molecule has 11 heteroatoms. The zero-order valence-electron chi connectivity index (χ0n) is 23.9. The SMILES string of the molecule is CNC(=O)c1c(-c2ccc(C)cc2)oc2cc3c(cc12)[C@H](C)O[C@H](COC(=O)CC1CCNCC1)CN3S(C)(=O)=O. The molecule has 0 bridgehead atoms. The Kier molecular flexibility index (Phi) is 8.40. The fraction of sp³-hybridized carbons (Fsp3) is 0.467. The number of nitrogens with zero attached hydrogens (tertiary/aromatic N) is 1. The smallest absolute Gasteiger partial charge is 0.306 e. The first-order valence-electron chi connectivity index (χ1n) is 13.9. The van der Waals surface area contributed by atoms with E-state index < -0.39 is 22.2 Å². The maximum absolute atomic E-state index is 13.1. The van der Waals surface area contributed by atoms with Gasteiger partial charge in [0, 0.05) is 36.0 Å². The molecular weight excluding hydrogens is 546 g/mol. The quantitative estimate of drug-likeness (QED) is 0.401. The number of carbonyl (C=O) groups is 2. The van der Waals surface area contributed by atoms with Crippen molar-refractivity contribution in [2.45, 2.75) is 45.3 Å². The number of amides is 1. The number of sulfonamides is 1. The number of hydrogen-bond donors (Lipinski definition) is 2. The summed E-state index contributed by atoms with van der Waals surface area (Å²) in [5.41, 5.74) is 3.54. The van der Waals surface area contributed by atoms with Gasteiger partial charge in [-0.15, -0.1) is 0 Å². The number of piperidine rings is 1. The van der Waals surface area contributed by atoms with Crippen LogP contribution in [0.25, 0.3) is 22.3 Å². The summed E-state index contributed by atoms with van der Waals surface area (Å²) < 4.78 is 45.4. The summed E-state index contributed by atoms with van der Waals surface area (Å²) in [6, 6.07) is 11.1. The minimum atomic E-state index is -3.75. The molecule has 3 heterocycles. The van der Waals surface area contributed by atoms with Gasteiger partial charge in [0.2, 0.25) is 10.0 Å². The molecule has 0 radical (unpaired) electrons. The number of esters is 1. The van der Waals surface area contributed by atoms with Crippen LogP contribution in [0.3, 0.4) is 0 Å². The van der Waals surface area contributed by atoms with E-state index >= 15 is 0 Å². The number of fused-ring (bicyclic) bond motifs is 2. The van der Waals surface area contributed by atoms with E-state index in [2.05, 4.69) is 10.6 Å². The maximum Gasteiger partial charge on any atom is 0.306 e. The van der Waals surface area contributed by atoms with Gasteiger partial charge in [0.05, 0.1) is 30.2 Å². The predicted octanol–water partition coefficient (Wildman–Crippen LogP) is 3.93. The van der Waals surface area contributed by atoms with Crippen LogP contribution in [0.1, 0.15) is 53.8 Å². The molecule has 2 atom stereocenters. The fourth-order valence-corrected chi connectivity index (χ4v) is 6.56. The van der Waals surface area contributed by atoms with Gasteiger partial charge >= 0.3 is 5.97 Å². The van der Waals surface area contributed by atoms with Gasteiger partial charge in [-0.2, -0.15) is 0 Å². The van der Waals surface area contributed by atoms with E-state index in [-0.39, 0.29) is 30.9 Å². The lowest BCUT2D eigenvalue weighted by Gasteiger charge is -2.25. The predicted molar refractivity (Wildman–Crippen MR) is 156 cm³/mol. The third-order valence-electron chi connectivity index (χ3n) is 7.82. The van der Waals surface area contributed by atoms with Crippen molar-refractivity contribution in [1.29, 1.82) is 0 Å². The molecule has 2 N–H and O–H groups in total. The molecule has 0 spiro atoms. The van der Waals surface area contributed by atoms with Gasteiger partial charge in [-0.05, 0) is 51.8 Å². The zero-order chi connectivity index (χ0) is 29.3. The minimum absolute atomic E-state index is 0.0316. The molecule has 1 amide bonds. The Bertz CT molecular complexity index is 1540. The summed E-state index contributed by atoms with van der Waals surface area (Å²) in [5, 5.41) is 6.53. The Labute approximate surface area is 240 Å². The van der Waals surface area contributed by atoms with E-state index in [1.165, 1.54) is 4.31 Å². The van der Waals surface area contributed by atoms with Gasteiger partial charge in [0.25, 0.3) is 5.91 Å². The lowest BCUT2D eigenvalue weighted by molar-refractivity contribution is -0.150. The normalized spacial score (nSPS) is 20.0. The molecule has 10 nitrogen and oxygen atoms in total. The summed E-state index contributed by atoms with van der Waals surface area (Å²) in [6.07, 6.45) is 2.08. The molecule has 0 unspecified atom stereocenters. The van der Waals surface area contributed by atoms with E-state index in [1.54, 1.807) is 19.2 Å². The molecule has 0 aliphatic carbocycles. The number of ether oxygens (including phenoxy) is 2. The monoisotopic (exact) mass is 583 g/mol. The largest absolute Gasteiger partial charge is 0.463 e. The van der Waals surface area contributed by atoms with E-state index in [0.29, 0.717) is 40.0 Å². The summed E-state index contributed by atoms with van der Waals surface area (Å²) in [5.74, 6) is 0.0546. The fourth-order valence-electron chi connectivity index (χ4n) is 5.61. The molecule has 5 rings (SSSR count). The zero-order valence-corrected chi connectivity index (χ0v) is 24.7. The third kappa shape index (κ3) is 6.27. The molecule has 0 saturated carbocycles. The Morgan fingerprint density at radius 2 is 1.85 bits per heavy atom. The summed E-state index contributed by atoms with van der Waals surface area (Å²) in [7, 11) is -2.19. The molecular formula is C30H37N3O7S. The molecule has 2 aliphatic rings. The molecule has 1 fully saturated rings. The highest BCUT2D eigenvalue weighted by Crippen LogP contribution is 2.42. The number of rotatable bonds is 7. The van der Waals surface area contributed by atoms with E-state index in [1.807, 2.05) is 38.1 Å². The van der Waals surface area contributed by atoms with Crippen LogP contribution in [0.2, 0.25) is 0 Å². The van der Waals surface area contributed by atoms with Crippen molar-refractivity contribution < 1.29 is 31.9 Å². The first-order chi connectivity index (χ1) is 19.5. The van der Waals surface area contributed by atoms with E-state index in [4.69, 9.17) is 13.9 Å². The highest BCUT2D eigenvalue weighted by Gasteiger charge is 2.34. The molecule has 1 saturated heterocycles. The molecule has 2 aliphatic heterocycles. The number of carbonyl (C=O) groups excluding carboxylic acids is 2. The average Bonchev–Trinajstić information content (AvgIpc) is 3.24. The van der Waals surface area contributed by atoms with E-state index in [9.17, 15) is 18.0 Å². The van der Waals surface area contributed by atoms with Crippen molar-refractivity contribution in [3.63, 3.8) is 0 Å². The Morgan fingerprint density at radius 3 is 2.51 bits per heavy atom. The van der Waals surface area contributed by atoms with Crippen LogP contribution in [0.4, 0.5) is 5.69 Å². The van der Waals surface area contributed by atoms with Crippen molar-refractivity contribution in [3.8, 4) is 11.3 Å². The number of anilines is 1. The average molecular weight is 584 g/mol. The van der Waals surface area contributed by atoms with Gasteiger partial charge < -0.3 is 24.5 Å². The van der Waals surface area contributed by atoms with Crippen molar-refractivity contribution in [2.75, 3.05) is 43.8 Å². The molecule has 220 valence electrons. The highest BCUT2D eigenvalue weighted by molar-refractivity contribution is 7.92. The first-order valence-corrected chi connectivity index (χ1v) is 15.8. The van der Waals surface area contributed by atoms with Crippen molar-refractivity contribution in [3.05, 3.63) is 53.1 Å². The van der Waals surface area contributed by atoms with Crippen LogP contribution in [0.5, 0.6) is 0 Å². The molecule has 41 heavy (non-hydrogen) atoms. The van der Waals surface area contributed by atoms with Gasteiger partial charge in [0.15, 0.2) is 0 Å². The van der Waals surface area contributed by atoms with Crippen LogP contribution < -0.4 is 14.9 Å². The number of benzene rings is 2. The standard InChI is InChI=1S/C30H37N3O7S/c1-18-5-7-21(8-6-18)29-28(30(35)31-3)24-14-23-19(2)39-22(17-38-27(34)13-20-9-11-32-12-10-20)16-33(41(4,36)37)25(23)15-26(24)40-29/h5-8,14-15,19-20,22,32H,9-13,16-17H2,1-4H3,(H,31,35)/t19-,22-/m0/s1. The third-order valence-corrected chi connectivity index (χ3v) is 8.97. The van der Waals surface area contributed by atoms with Crippen LogP contribution in [0.15, 0.2) is 40.8 Å². The van der Waals surface area contributed by atoms with Crippen LogP contribution in [-0.2, 0) is 24.3 Å².